The first-order valence-corrected chi connectivity index (χ1v) is 8.89. The highest BCUT2D eigenvalue weighted by Gasteiger charge is 2.54. The summed E-state index contributed by atoms with van der Waals surface area (Å²) in [7, 11) is 0. The molecule has 1 aliphatic carbocycles. The van der Waals surface area contributed by atoms with Gasteiger partial charge in [-0.3, -0.25) is 4.79 Å². The molecule has 0 heterocycles. The average molecular weight is 400 g/mol. The van der Waals surface area contributed by atoms with Gasteiger partial charge >= 0.3 is 6.09 Å². The predicted molar refractivity (Wildman–Crippen MR) is 93.2 cm³/mol. The van der Waals surface area contributed by atoms with Gasteiger partial charge in [0.2, 0.25) is 0 Å². The highest BCUT2D eigenvalue weighted by atomic mass is 79.9. The molecular formula is C18H23BrFNO3. The van der Waals surface area contributed by atoms with Crippen LogP contribution in [-0.4, -0.2) is 17.5 Å². The summed E-state index contributed by atoms with van der Waals surface area (Å²) in [5, 5.41) is 2.71. The van der Waals surface area contributed by atoms with Crippen molar-refractivity contribution in [3.05, 3.63) is 34.1 Å². The largest absolute Gasteiger partial charge is 0.444 e. The van der Waals surface area contributed by atoms with Crippen molar-refractivity contribution >= 4 is 27.8 Å². The van der Waals surface area contributed by atoms with Gasteiger partial charge in [-0.25, -0.2) is 9.18 Å². The van der Waals surface area contributed by atoms with Crippen LogP contribution in [0.4, 0.5) is 9.18 Å². The van der Waals surface area contributed by atoms with E-state index in [1.54, 1.807) is 39.8 Å². The van der Waals surface area contributed by atoms with Gasteiger partial charge in [0.1, 0.15) is 17.0 Å². The normalized spacial score (nSPS) is 17.1. The Balaban J connectivity index is 2.51. The number of rotatable bonds is 5. The van der Waals surface area contributed by atoms with Gasteiger partial charge in [-0.05, 0) is 57.7 Å². The van der Waals surface area contributed by atoms with Gasteiger partial charge in [-0.1, -0.05) is 22.9 Å². The van der Waals surface area contributed by atoms with Crippen LogP contribution in [0.1, 0.15) is 52.5 Å². The summed E-state index contributed by atoms with van der Waals surface area (Å²) < 4.78 is 20.5. The Bertz CT molecular complexity index is 652. The number of ketones is 1. The number of hydrogen-bond donors (Lipinski definition) is 1. The van der Waals surface area contributed by atoms with E-state index < -0.39 is 23.1 Å². The van der Waals surface area contributed by atoms with Gasteiger partial charge in [-0.2, -0.15) is 0 Å². The van der Waals surface area contributed by atoms with Crippen molar-refractivity contribution in [2.75, 3.05) is 0 Å². The molecule has 1 atom stereocenters. The Morgan fingerprint density at radius 3 is 2.46 bits per heavy atom. The molecule has 1 saturated carbocycles. The summed E-state index contributed by atoms with van der Waals surface area (Å²) in [4.78, 5) is 25.2. The fourth-order valence-electron chi connectivity index (χ4n) is 2.90. The first-order valence-electron chi connectivity index (χ1n) is 8.10. The standard InChI is InChI=1S/C18H23BrFNO3/c1-5-15(22)18(11-6-7-11,21-16(23)24-17(2,3)4)13-10-12(19)8-9-14(13)20/h8-11H,5-7H2,1-4H3,(H,21,23). The maximum atomic E-state index is 14.6. The highest BCUT2D eigenvalue weighted by Crippen LogP contribution is 2.48. The number of carbonyl (C=O) groups is 2. The van der Waals surface area contributed by atoms with Crippen molar-refractivity contribution < 1.29 is 18.7 Å². The molecule has 0 aromatic heterocycles. The summed E-state index contributed by atoms with van der Waals surface area (Å²) in [6, 6.07) is 4.44. The van der Waals surface area contributed by atoms with Crippen LogP contribution in [0.25, 0.3) is 0 Å². The lowest BCUT2D eigenvalue weighted by molar-refractivity contribution is -0.126. The zero-order chi connectivity index (χ0) is 18.1. The fraction of sp³-hybridized carbons (Fsp3) is 0.556. The Kier molecular flexibility index (Phi) is 5.37. The first kappa shape index (κ1) is 18.9. The molecule has 6 heteroatoms. The number of carbonyl (C=O) groups excluding carboxylic acids is 2. The van der Waals surface area contributed by atoms with Crippen LogP contribution >= 0.6 is 15.9 Å². The molecule has 0 spiro atoms. The molecule has 0 saturated heterocycles. The smallest absolute Gasteiger partial charge is 0.408 e. The van der Waals surface area contributed by atoms with Crippen molar-refractivity contribution in [3.63, 3.8) is 0 Å². The van der Waals surface area contributed by atoms with Crippen LogP contribution in [0.15, 0.2) is 22.7 Å². The van der Waals surface area contributed by atoms with E-state index in [0.29, 0.717) is 4.47 Å². The van der Waals surface area contributed by atoms with Crippen LogP contribution < -0.4 is 5.32 Å². The van der Waals surface area contributed by atoms with E-state index >= 15 is 0 Å². The Labute approximate surface area is 150 Å². The third-order valence-electron chi connectivity index (χ3n) is 4.00. The van der Waals surface area contributed by atoms with E-state index in [1.165, 1.54) is 6.07 Å². The summed E-state index contributed by atoms with van der Waals surface area (Å²) >= 11 is 3.32. The van der Waals surface area contributed by atoms with E-state index in [4.69, 9.17) is 4.74 Å². The van der Waals surface area contributed by atoms with Crippen LogP contribution in [0.5, 0.6) is 0 Å². The van der Waals surface area contributed by atoms with Crippen LogP contribution in [0, 0.1) is 11.7 Å². The zero-order valence-electron chi connectivity index (χ0n) is 14.4. The minimum Gasteiger partial charge on any atom is -0.444 e. The molecule has 1 N–H and O–H groups in total. The average Bonchev–Trinajstić information content (AvgIpc) is 3.29. The Morgan fingerprint density at radius 1 is 1.33 bits per heavy atom. The minimum atomic E-state index is -1.38. The monoisotopic (exact) mass is 399 g/mol. The highest BCUT2D eigenvalue weighted by molar-refractivity contribution is 9.10. The molecular weight excluding hydrogens is 377 g/mol. The van der Waals surface area contributed by atoms with Crippen molar-refractivity contribution in [2.24, 2.45) is 5.92 Å². The molecule has 24 heavy (non-hydrogen) atoms. The molecule has 0 bridgehead atoms. The molecule has 4 nitrogen and oxygen atoms in total. The number of halogens is 2. The van der Waals surface area contributed by atoms with E-state index in [9.17, 15) is 14.0 Å². The quantitative estimate of drug-likeness (QED) is 0.780. The van der Waals surface area contributed by atoms with E-state index in [-0.39, 0.29) is 23.7 Å². The van der Waals surface area contributed by atoms with Crippen molar-refractivity contribution in [1.82, 2.24) is 5.32 Å². The van der Waals surface area contributed by atoms with E-state index in [1.807, 2.05) is 0 Å². The molecule has 1 amide bonds. The second kappa shape index (κ2) is 6.82. The lowest BCUT2D eigenvalue weighted by Crippen LogP contribution is -2.55. The van der Waals surface area contributed by atoms with Gasteiger partial charge in [0.25, 0.3) is 0 Å². The van der Waals surface area contributed by atoms with Gasteiger partial charge in [0.15, 0.2) is 5.78 Å². The SMILES string of the molecule is CCC(=O)C(NC(=O)OC(C)(C)C)(c1cc(Br)ccc1F)C1CC1. The molecule has 1 aromatic rings. The molecule has 0 aliphatic heterocycles. The Morgan fingerprint density at radius 2 is 1.96 bits per heavy atom. The van der Waals surface area contributed by atoms with Gasteiger partial charge in [0.05, 0.1) is 0 Å². The number of nitrogens with one attached hydrogen (secondary N) is 1. The first-order chi connectivity index (χ1) is 11.1. The lowest BCUT2D eigenvalue weighted by atomic mass is 9.79. The summed E-state index contributed by atoms with van der Waals surface area (Å²) in [6.45, 7) is 6.94. The summed E-state index contributed by atoms with van der Waals surface area (Å²) in [5.74, 6) is -0.850. The molecule has 1 unspecified atom stereocenters. The minimum absolute atomic E-state index is 0.124. The third-order valence-corrected chi connectivity index (χ3v) is 4.50. The molecule has 0 radical (unpaired) electrons. The van der Waals surface area contributed by atoms with Gasteiger partial charge in [0, 0.05) is 16.5 Å². The van der Waals surface area contributed by atoms with Gasteiger partial charge < -0.3 is 10.1 Å². The second-order valence-electron chi connectivity index (χ2n) is 7.11. The fourth-order valence-corrected chi connectivity index (χ4v) is 3.26. The lowest BCUT2D eigenvalue weighted by Gasteiger charge is -2.35. The van der Waals surface area contributed by atoms with Crippen molar-refractivity contribution in [3.8, 4) is 0 Å². The zero-order valence-corrected chi connectivity index (χ0v) is 16.0. The molecule has 1 fully saturated rings. The Hall–Kier alpha value is -1.43. The number of amides is 1. The van der Waals surface area contributed by atoms with E-state index in [0.717, 1.165) is 12.8 Å². The molecule has 2 rings (SSSR count). The molecule has 1 aliphatic rings. The van der Waals surface area contributed by atoms with Crippen molar-refractivity contribution in [1.29, 1.82) is 0 Å². The predicted octanol–water partition coefficient (Wildman–Crippen LogP) is 4.70. The van der Waals surface area contributed by atoms with Crippen molar-refractivity contribution in [2.45, 2.75) is 58.1 Å². The van der Waals surface area contributed by atoms with Crippen LogP contribution in [0.2, 0.25) is 0 Å². The number of benzene rings is 1. The van der Waals surface area contributed by atoms with Crippen LogP contribution in [-0.2, 0) is 15.1 Å². The maximum absolute atomic E-state index is 14.6. The second-order valence-corrected chi connectivity index (χ2v) is 8.03. The summed E-state index contributed by atoms with van der Waals surface area (Å²) in [6.07, 6.45) is 0.995. The van der Waals surface area contributed by atoms with E-state index in [2.05, 4.69) is 21.2 Å². The number of Topliss-reactive ketones (excluding diaryl/α,β-unsaturated/α-hetero) is 1. The number of hydrogen-bond acceptors (Lipinski definition) is 3. The number of alkyl carbamates (subject to hydrolysis) is 1. The molecule has 1 aromatic carbocycles. The topological polar surface area (TPSA) is 55.4 Å². The van der Waals surface area contributed by atoms with Crippen LogP contribution in [0.3, 0.4) is 0 Å². The maximum Gasteiger partial charge on any atom is 0.408 e. The summed E-state index contributed by atoms with van der Waals surface area (Å²) in [5.41, 5.74) is -1.90. The third kappa shape index (κ3) is 3.97. The number of ether oxygens (including phenoxy) is 1. The molecule has 132 valence electrons. The van der Waals surface area contributed by atoms with Gasteiger partial charge in [-0.15, -0.1) is 0 Å².